The van der Waals surface area contributed by atoms with E-state index in [0.717, 1.165) is 10.9 Å². The van der Waals surface area contributed by atoms with Crippen LogP contribution in [0.25, 0.3) is 10.9 Å². The van der Waals surface area contributed by atoms with Crippen molar-refractivity contribution in [1.29, 1.82) is 0 Å². The number of amides is 3. The zero-order chi connectivity index (χ0) is 36.8. The number of hydrogen-bond donors (Lipinski definition) is 5. The smallest absolute Gasteiger partial charge is 0.419 e. The van der Waals surface area contributed by atoms with Crippen LogP contribution in [0.3, 0.4) is 0 Å². The van der Waals surface area contributed by atoms with Crippen molar-refractivity contribution < 1.29 is 43.7 Å². The molecule has 0 spiro atoms. The lowest BCUT2D eigenvalue weighted by atomic mass is 10.0. The summed E-state index contributed by atoms with van der Waals surface area (Å²) in [6.07, 6.45) is 1.77. The van der Waals surface area contributed by atoms with E-state index in [4.69, 9.17) is 9.84 Å². The number of benzene rings is 2. The van der Waals surface area contributed by atoms with E-state index in [1.165, 1.54) is 24.6 Å². The van der Waals surface area contributed by atoms with Gasteiger partial charge in [-0.05, 0) is 51.8 Å². The van der Waals surface area contributed by atoms with E-state index < -0.39 is 65.5 Å². The van der Waals surface area contributed by atoms with Crippen LogP contribution in [-0.4, -0.2) is 89.8 Å². The van der Waals surface area contributed by atoms with Gasteiger partial charge < -0.3 is 30.9 Å². The van der Waals surface area contributed by atoms with Crippen molar-refractivity contribution in [1.82, 2.24) is 35.5 Å². The van der Waals surface area contributed by atoms with E-state index in [1.807, 2.05) is 0 Å². The number of nitrogens with zero attached hydrogens (tertiary/aromatic N) is 4. The van der Waals surface area contributed by atoms with Gasteiger partial charge in [-0.25, -0.2) is 14.3 Å². The van der Waals surface area contributed by atoms with Crippen LogP contribution in [0, 0.1) is 0 Å². The minimum atomic E-state index is -1.54. The zero-order valence-electron chi connectivity index (χ0n) is 28.2. The normalized spacial score (nSPS) is 12.8. The van der Waals surface area contributed by atoms with E-state index in [-0.39, 0.29) is 18.5 Å². The number of fused-ring (bicyclic) bond motifs is 1. The first-order valence-corrected chi connectivity index (χ1v) is 15.6. The molecule has 3 amide bonds. The van der Waals surface area contributed by atoms with Crippen molar-refractivity contribution in [3.63, 3.8) is 0 Å². The molecule has 0 saturated carbocycles. The Labute approximate surface area is 286 Å². The standard InChI is InChI=1S/C34H39N7O9/c1-33(2,3)50-32(49)40-18-21(22-13-9-10-14-26(22)40)16-24(37-30(46)25-19-41(39-38-25)34(4,5)31(47)48)29(45)36-23(28(44)35-17-27(42)43)15-20-11-7-6-8-12-20/h6-14,18-19,23-24H,15-17H2,1-5H3,(H,35,44)(H,36,45)(H,37,46)(H,42,43)(H,47,48)/t23-,24-/m0/s1. The molecular formula is C34H39N7O9. The quantitative estimate of drug-likeness (QED) is 0.137. The van der Waals surface area contributed by atoms with Crippen LogP contribution in [0.5, 0.6) is 0 Å². The highest BCUT2D eigenvalue weighted by Crippen LogP contribution is 2.24. The molecule has 0 fully saturated rings. The minimum absolute atomic E-state index is 0.00471. The molecule has 2 heterocycles. The largest absolute Gasteiger partial charge is 0.480 e. The van der Waals surface area contributed by atoms with Crippen molar-refractivity contribution in [2.45, 2.75) is 70.7 Å². The molecule has 50 heavy (non-hydrogen) atoms. The Morgan fingerprint density at radius 3 is 2.10 bits per heavy atom. The molecule has 0 aliphatic heterocycles. The number of ether oxygens (including phenoxy) is 1. The van der Waals surface area contributed by atoms with Crippen LogP contribution in [0.2, 0.25) is 0 Å². The van der Waals surface area contributed by atoms with Crippen molar-refractivity contribution >= 4 is 46.7 Å². The SMILES string of the molecule is CC(C)(C)OC(=O)n1cc(C[C@H](NC(=O)c2cn(C(C)(C)C(=O)O)nn2)C(=O)N[C@@H](Cc2ccccc2)C(=O)NCC(=O)O)c2ccccc21. The molecule has 2 atom stereocenters. The fourth-order valence-electron chi connectivity index (χ4n) is 4.89. The van der Waals surface area contributed by atoms with Gasteiger partial charge >= 0.3 is 18.0 Å². The van der Waals surface area contributed by atoms with Crippen LogP contribution in [0.4, 0.5) is 4.79 Å². The van der Waals surface area contributed by atoms with Gasteiger partial charge in [0.25, 0.3) is 5.91 Å². The molecule has 264 valence electrons. The zero-order valence-corrected chi connectivity index (χ0v) is 28.2. The number of aliphatic carboxylic acids is 2. The average Bonchev–Trinajstić information content (AvgIpc) is 3.69. The molecule has 0 radical (unpaired) electrons. The van der Waals surface area contributed by atoms with Crippen LogP contribution in [0.1, 0.15) is 56.2 Å². The van der Waals surface area contributed by atoms with E-state index in [0.29, 0.717) is 22.0 Å². The number of carbonyl (C=O) groups is 6. The maximum atomic E-state index is 14.0. The highest BCUT2D eigenvalue weighted by atomic mass is 16.6. The monoisotopic (exact) mass is 689 g/mol. The van der Waals surface area contributed by atoms with Crippen LogP contribution < -0.4 is 16.0 Å². The number of carbonyl (C=O) groups excluding carboxylic acids is 4. The third-order valence-corrected chi connectivity index (χ3v) is 7.58. The molecule has 2 aromatic carbocycles. The molecule has 0 saturated heterocycles. The van der Waals surface area contributed by atoms with E-state index in [1.54, 1.807) is 75.4 Å². The number of carboxylic acids is 2. The number of hydrogen-bond acceptors (Lipinski definition) is 9. The lowest BCUT2D eigenvalue weighted by Crippen LogP contribution is -2.55. The molecule has 4 aromatic rings. The third kappa shape index (κ3) is 9.09. The molecular weight excluding hydrogens is 650 g/mol. The second-order valence-corrected chi connectivity index (χ2v) is 13.0. The molecule has 4 rings (SSSR count). The van der Waals surface area contributed by atoms with Gasteiger partial charge in [0.05, 0.1) is 11.7 Å². The first kappa shape index (κ1) is 36.8. The fraction of sp³-hybridized carbons (Fsp3) is 0.353. The molecule has 0 aliphatic rings. The Kier molecular flexibility index (Phi) is 11.0. The second kappa shape index (κ2) is 15.0. The van der Waals surface area contributed by atoms with Crippen molar-refractivity contribution in [3.05, 3.63) is 83.8 Å². The predicted octanol–water partition coefficient (Wildman–Crippen LogP) is 2.11. The first-order valence-electron chi connectivity index (χ1n) is 15.6. The van der Waals surface area contributed by atoms with Crippen LogP contribution in [-0.2, 0) is 42.3 Å². The molecule has 0 unspecified atom stereocenters. The molecule has 16 heteroatoms. The third-order valence-electron chi connectivity index (χ3n) is 7.58. The number of para-hydroxylation sites is 1. The molecule has 2 aromatic heterocycles. The maximum absolute atomic E-state index is 14.0. The Hall–Kier alpha value is -6.06. The summed E-state index contributed by atoms with van der Waals surface area (Å²) in [4.78, 5) is 76.7. The Bertz CT molecular complexity index is 1910. The van der Waals surface area contributed by atoms with Crippen LogP contribution >= 0.6 is 0 Å². The highest BCUT2D eigenvalue weighted by Gasteiger charge is 2.33. The Balaban J connectivity index is 1.71. The fourth-order valence-corrected chi connectivity index (χ4v) is 4.89. The molecule has 0 bridgehead atoms. The number of aromatic nitrogens is 4. The van der Waals surface area contributed by atoms with Gasteiger partial charge in [-0.15, -0.1) is 5.10 Å². The molecule has 0 aliphatic carbocycles. The Morgan fingerprint density at radius 1 is 0.820 bits per heavy atom. The van der Waals surface area contributed by atoms with Gasteiger partial charge in [-0.3, -0.25) is 23.7 Å². The summed E-state index contributed by atoms with van der Waals surface area (Å²) in [7, 11) is 0. The lowest BCUT2D eigenvalue weighted by Gasteiger charge is -2.23. The summed E-state index contributed by atoms with van der Waals surface area (Å²) >= 11 is 0. The van der Waals surface area contributed by atoms with Crippen molar-refractivity contribution in [3.8, 4) is 0 Å². The van der Waals surface area contributed by atoms with Gasteiger partial charge in [0, 0.05) is 24.4 Å². The first-order chi connectivity index (χ1) is 23.5. The minimum Gasteiger partial charge on any atom is -0.480 e. The summed E-state index contributed by atoms with van der Waals surface area (Å²) in [6, 6.07) is 13.0. The summed E-state index contributed by atoms with van der Waals surface area (Å²) < 4.78 is 7.86. The average molecular weight is 690 g/mol. The van der Waals surface area contributed by atoms with E-state index >= 15 is 0 Å². The molecule has 5 N–H and O–H groups in total. The maximum Gasteiger partial charge on any atom is 0.419 e. The van der Waals surface area contributed by atoms with Gasteiger partial charge in [0.1, 0.15) is 24.2 Å². The van der Waals surface area contributed by atoms with Gasteiger partial charge in [0.2, 0.25) is 11.8 Å². The predicted molar refractivity (Wildman–Crippen MR) is 178 cm³/mol. The van der Waals surface area contributed by atoms with Gasteiger partial charge in [-0.1, -0.05) is 53.7 Å². The van der Waals surface area contributed by atoms with Crippen molar-refractivity contribution in [2.75, 3.05) is 6.54 Å². The summed E-state index contributed by atoms with van der Waals surface area (Å²) in [5, 5.41) is 34.4. The number of rotatable bonds is 13. The van der Waals surface area contributed by atoms with Gasteiger partial charge in [0.15, 0.2) is 11.2 Å². The second-order valence-electron chi connectivity index (χ2n) is 13.0. The summed E-state index contributed by atoms with van der Waals surface area (Å²) in [5.41, 5.74) is -1.01. The Morgan fingerprint density at radius 2 is 1.46 bits per heavy atom. The molecule has 16 nitrogen and oxygen atoms in total. The van der Waals surface area contributed by atoms with Crippen molar-refractivity contribution in [2.24, 2.45) is 0 Å². The van der Waals surface area contributed by atoms with E-state index in [9.17, 15) is 33.9 Å². The number of carboxylic acid groups (broad SMARTS) is 2. The van der Waals surface area contributed by atoms with Crippen LogP contribution in [0.15, 0.2) is 67.0 Å². The summed E-state index contributed by atoms with van der Waals surface area (Å²) in [6.45, 7) is 7.21. The van der Waals surface area contributed by atoms with E-state index in [2.05, 4.69) is 26.3 Å². The lowest BCUT2D eigenvalue weighted by molar-refractivity contribution is -0.146. The number of nitrogens with one attached hydrogen (secondary N) is 3. The highest BCUT2D eigenvalue weighted by molar-refractivity contribution is 5.98. The topological polar surface area (TPSA) is 224 Å². The van der Waals surface area contributed by atoms with Gasteiger partial charge in [-0.2, -0.15) is 0 Å². The summed E-state index contributed by atoms with van der Waals surface area (Å²) in [5.74, 6) is -4.96.